The summed E-state index contributed by atoms with van der Waals surface area (Å²) in [5, 5.41) is 8.84. The summed E-state index contributed by atoms with van der Waals surface area (Å²) in [7, 11) is 0. The first-order chi connectivity index (χ1) is 8.43. The molecule has 0 heterocycles. The first-order valence-electron chi connectivity index (χ1n) is 6.54. The Morgan fingerprint density at radius 2 is 1.72 bits per heavy atom. The van der Waals surface area contributed by atoms with Gasteiger partial charge in [0.15, 0.2) is 0 Å². The fourth-order valence-corrected chi connectivity index (χ4v) is 1.88. The summed E-state index contributed by atoms with van der Waals surface area (Å²) >= 11 is 0. The third-order valence-electron chi connectivity index (χ3n) is 3.07. The van der Waals surface area contributed by atoms with Crippen molar-refractivity contribution in [3.63, 3.8) is 0 Å². The number of benzene rings is 1. The van der Waals surface area contributed by atoms with Crippen LogP contribution in [0.3, 0.4) is 0 Å². The van der Waals surface area contributed by atoms with Crippen molar-refractivity contribution in [3.05, 3.63) is 35.6 Å². The van der Waals surface area contributed by atoms with E-state index in [2.05, 4.69) is 25.7 Å². The SMILES string of the molecule is CC(C)(C)N(CCCCO)Cc1ccc(F)cc1. The van der Waals surface area contributed by atoms with Crippen molar-refractivity contribution in [2.75, 3.05) is 13.2 Å². The zero-order valence-electron chi connectivity index (χ0n) is 11.6. The number of aliphatic hydroxyl groups excluding tert-OH is 1. The monoisotopic (exact) mass is 253 g/mol. The normalized spacial score (nSPS) is 12.1. The van der Waals surface area contributed by atoms with E-state index in [1.807, 2.05) is 12.1 Å². The van der Waals surface area contributed by atoms with Crippen LogP contribution in [-0.4, -0.2) is 28.7 Å². The van der Waals surface area contributed by atoms with Crippen LogP contribution in [0.15, 0.2) is 24.3 Å². The zero-order valence-corrected chi connectivity index (χ0v) is 11.6. The quantitative estimate of drug-likeness (QED) is 0.787. The van der Waals surface area contributed by atoms with E-state index in [9.17, 15) is 4.39 Å². The number of nitrogens with zero attached hydrogens (tertiary/aromatic N) is 1. The molecule has 0 aliphatic rings. The van der Waals surface area contributed by atoms with E-state index in [0.717, 1.165) is 31.5 Å². The first kappa shape index (κ1) is 15.1. The molecule has 0 saturated heterocycles. The van der Waals surface area contributed by atoms with Gasteiger partial charge in [-0.1, -0.05) is 12.1 Å². The molecule has 1 rings (SSSR count). The molecule has 0 aromatic heterocycles. The zero-order chi connectivity index (χ0) is 13.6. The Balaban J connectivity index is 2.63. The average molecular weight is 253 g/mol. The fourth-order valence-electron chi connectivity index (χ4n) is 1.88. The summed E-state index contributed by atoms with van der Waals surface area (Å²) in [6.45, 7) is 8.53. The lowest BCUT2D eigenvalue weighted by Gasteiger charge is -2.35. The first-order valence-corrected chi connectivity index (χ1v) is 6.54. The van der Waals surface area contributed by atoms with Crippen LogP contribution in [0.25, 0.3) is 0 Å². The van der Waals surface area contributed by atoms with E-state index in [0.29, 0.717) is 0 Å². The summed E-state index contributed by atoms with van der Waals surface area (Å²) in [6, 6.07) is 6.67. The molecule has 102 valence electrons. The number of unbranched alkanes of at least 4 members (excludes halogenated alkanes) is 1. The van der Waals surface area contributed by atoms with Crippen molar-refractivity contribution in [2.45, 2.75) is 45.7 Å². The van der Waals surface area contributed by atoms with Crippen molar-refractivity contribution in [3.8, 4) is 0 Å². The lowest BCUT2D eigenvalue weighted by Crippen LogP contribution is -2.41. The summed E-state index contributed by atoms with van der Waals surface area (Å²) in [4.78, 5) is 2.36. The van der Waals surface area contributed by atoms with Crippen LogP contribution in [0.2, 0.25) is 0 Å². The third-order valence-corrected chi connectivity index (χ3v) is 3.07. The number of hydrogen-bond acceptors (Lipinski definition) is 2. The van der Waals surface area contributed by atoms with Gasteiger partial charge in [0.25, 0.3) is 0 Å². The van der Waals surface area contributed by atoms with Crippen LogP contribution in [0, 0.1) is 5.82 Å². The lowest BCUT2D eigenvalue weighted by molar-refractivity contribution is 0.121. The van der Waals surface area contributed by atoms with Crippen molar-refractivity contribution < 1.29 is 9.50 Å². The second kappa shape index (κ2) is 6.86. The van der Waals surface area contributed by atoms with Crippen LogP contribution >= 0.6 is 0 Å². The molecule has 3 heteroatoms. The van der Waals surface area contributed by atoms with Crippen molar-refractivity contribution >= 4 is 0 Å². The number of rotatable bonds is 6. The Morgan fingerprint density at radius 1 is 1.11 bits per heavy atom. The molecule has 1 aromatic rings. The Hall–Kier alpha value is -0.930. The molecule has 18 heavy (non-hydrogen) atoms. The summed E-state index contributed by atoms with van der Waals surface area (Å²) < 4.78 is 12.9. The second-order valence-corrected chi connectivity index (χ2v) is 5.65. The van der Waals surface area contributed by atoms with Crippen molar-refractivity contribution in [2.24, 2.45) is 0 Å². The van der Waals surface area contributed by atoms with E-state index in [1.54, 1.807) is 0 Å². The van der Waals surface area contributed by atoms with Gasteiger partial charge in [-0.3, -0.25) is 4.90 Å². The summed E-state index contributed by atoms with van der Waals surface area (Å²) in [6.07, 6.45) is 1.81. The van der Waals surface area contributed by atoms with Gasteiger partial charge in [0, 0.05) is 18.7 Å². The molecule has 0 atom stereocenters. The second-order valence-electron chi connectivity index (χ2n) is 5.65. The molecule has 0 fully saturated rings. The van der Waals surface area contributed by atoms with Gasteiger partial charge < -0.3 is 5.11 Å². The summed E-state index contributed by atoms with van der Waals surface area (Å²) in [5.41, 5.74) is 1.19. The van der Waals surface area contributed by atoms with E-state index < -0.39 is 0 Å². The predicted octanol–water partition coefficient (Wildman–Crippen LogP) is 3.20. The van der Waals surface area contributed by atoms with Gasteiger partial charge in [0.05, 0.1) is 0 Å². The Morgan fingerprint density at radius 3 is 2.22 bits per heavy atom. The highest BCUT2D eigenvalue weighted by Gasteiger charge is 2.20. The number of aliphatic hydroxyl groups is 1. The van der Waals surface area contributed by atoms with E-state index in [-0.39, 0.29) is 18.0 Å². The highest BCUT2D eigenvalue weighted by atomic mass is 19.1. The molecule has 1 N–H and O–H groups in total. The van der Waals surface area contributed by atoms with E-state index in [1.165, 1.54) is 12.1 Å². The number of hydrogen-bond donors (Lipinski definition) is 1. The van der Waals surface area contributed by atoms with Gasteiger partial charge in [0.2, 0.25) is 0 Å². The maximum Gasteiger partial charge on any atom is 0.123 e. The molecule has 0 aliphatic heterocycles. The molecule has 1 aromatic carbocycles. The smallest absolute Gasteiger partial charge is 0.123 e. The molecular weight excluding hydrogens is 229 g/mol. The van der Waals surface area contributed by atoms with Gasteiger partial charge in [-0.2, -0.15) is 0 Å². The molecule has 0 aliphatic carbocycles. The molecule has 0 bridgehead atoms. The molecule has 2 nitrogen and oxygen atoms in total. The van der Waals surface area contributed by atoms with Crippen LogP contribution in [0.1, 0.15) is 39.2 Å². The fraction of sp³-hybridized carbons (Fsp3) is 0.600. The molecule has 0 amide bonds. The Kier molecular flexibility index (Phi) is 5.76. The van der Waals surface area contributed by atoms with Crippen molar-refractivity contribution in [1.29, 1.82) is 0 Å². The van der Waals surface area contributed by atoms with E-state index in [4.69, 9.17) is 5.11 Å². The number of halogens is 1. The van der Waals surface area contributed by atoms with Crippen molar-refractivity contribution in [1.82, 2.24) is 4.90 Å². The summed E-state index contributed by atoms with van der Waals surface area (Å²) in [5.74, 6) is -0.193. The Labute approximate surface area is 109 Å². The third kappa shape index (κ3) is 5.15. The van der Waals surface area contributed by atoms with Crippen LogP contribution < -0.4 is 0 Å². The van der Waals surface area contributed by atoms with Gasteiger partial charge in [-0.15, -0.1) is 0 Å². The maximum atomic E-state index is 12.9. The molecular formula is C15H24FNO. The van der Waals surface area contributed by atoms with Crippen LogP contribution in [-0.2, 0) is 6.54 Å². The molecule has 0 radical (unpaired) electrons. The molecule has 0 unspecified atom stereocenters. The van der Waals surface area contributed by atoms with Gasteiger partial charge >= 0.3 is 0 Å². The average Bonchev–Trinajstić information content (AvgIpc) is 2.29. The minimum atomic E-state index is -0.193. The standard InChI is InChI=1S/C15H24FNO/c1-15(2,3)17(10-4-5-11-18)12-13-6-8-14(16)9-7-13/h6-9,18H,4-5,10-12H2,1-3H3. The van der Waals surface area contributed by atoms with Gasteiger partial charge in [-0.25, -0.2) is 4.39 Å². The maximum absolute atomic E-state index is 12.9. The minimum Gasteiger partial charge on any atom is -0.396 e. The van der Waals surface area contributed by atoms with Gasteiger partial charge in [0.1, 0.15) is 5.82 Å². The van der Waals surface area contributed by atoms with Crippen LogP contribution in [0.4, 0.5) is 4.39 Å². The van der Waals surface area contributed by atoms with E-state index >= 15 is 0 Å². The highest BCUT2D eigenvalue weighted by molar-refractivity contribution is 5.16. The molecule has 0 spiro atoms. The predicted molar refractivity (Wildman–Crippen MR) is 72.9 cm³/mol. The van der Waals surface area contributed by atoms with Gasteiger partial charge in [-0.05, 0) is 57.9 Å². The Bertz CT molecular complexity index is 343. The van der Waals surface area contributed by atoms with Crippen LogP contribution in [0.5, 0.6) is 0 Å². The lowest BCUT2D eigenvalue weighted by atomic mass is 10.0. The highest BCUT2D eigenvalue weighted by Crippen LogP contribution is 2.18. The topological polar surface area (TPSA) is 23.5 Å². The molecule has 0 saturated carbocycles. The largest absolute Gasteiger partial charge is 0.396 e. The minimum absolute atomic E-state index is 0.0733.